The van der Waals surface area contributed by atoms with Crippen LogP contribution in [0.25, 0.3) is 10.9 Å². The van der Waals surface area contributed by atoms with Crippen LogP contribution in [0, 0.1) is 0 Å². The van der Waals surface area contributed by atoms with Gasteiger partial charge in [0.05, 0.1) is 10.7 Å². The van der Waals surface area contributed by atoms with Crippen molar-refractivity contribution in [3.05, 3.63) is 33.4 Å². The van der Waals surface area contributed by atoms with E-state index in [2.05, 4.69) is 20.9 Å². The smallest absolute Gasteiger partial charge is 0.167 e. The second kappa shape index (κ2) is 3.16. The Balaban J connectivity index is 2.83. The zero-order valence-electron chi connectivity index (χ0n) is 6.47. The summed E-state index contributed by atoms with van der Waals surface area (Å²) in [5.41, 5.74) is 1.29. The number of H-pyrrole nitrogens is 1. The topological polar surface area (TPSA) is 32.9 Å². The van der Waals surface area contributed by atoms with Gasteiger partial charge >= 0.3 is 0 Å². The molecule has 2 rings (SSSR count). The van der Waals surface area contributed by atoms with Gasteiger partial charge < -0.3 is 4.98 Å². The fourth-order valence-corrected chi connectivity index (χ4v) is 1.86. The lowest BCUT2D eigenvalue weighted by atomic mass is 10.2. The minimum Gasteiger partial charge on any atom is -0.351 e. The van der Waals surface area contributed by atoms with Gasteiger partial charge in [0.2, 0.25) is 0 Å². The van der Waals surface area contributed by atoms with Crippen LogP contribution in [0.2, 0.25) is 5.02 Å². The van der Waals surface area contributed by atoms with Crippen molar-refractivity contribution in [3.8, 4) is 0 Å². The van der Waals surface area contributed by atoms with Crippen molar-refractivity contribution in [1.29, 1.82) is 0 Å². The van der Waals surface area contributed by atoms with Crippen molar-refractivity contribution in [3.63, 3.8) is 0 Å². The van der Waals surface area contributed by atoms with Crippen LogP contribution in [-0.2, 0) is 0 Å². The summed E-state index contributed by atoms with van der Waals surface area (Å²) in [6.45, 7) is 0. The second-order valence-corrected chi connectivity index (χ2v) is 3.95. The van der Waals surface area contributed by atoms with Gasteiger partial charge in [0.1, 0.15) is 0 Å². The lowest BCUT2D eigenvalue weighted by molar-refractivity contribution is 0.112. The van der Waals surface area contributed by atoms with Crippen molar-refractivity contribution in [2.75, 3.05) is 0 Å². The second-order valence-electron chi connectivity index (χ2n) is 2.66. The van der Waals surface area contributed by atoms with E-state index in [0.29, 0.717) is 10.7 Å². The maximum absolute atomic E-state index is 10.6. The fraction of sp³-hybridized carbons (Fsp3) is 0. The Labute approximate surface area is 88.0 Å². The lowest BCUT2D eigenvalue weighted by Crippen LogP contribution is -1.76. The number of carbonyl (C=O) groups is 1. The first kappa shape index (κ1) is 8.78. The van der Waals surface area contributed by atoms with Gasteiger partial charge in [0.25, 0.3) is 0 Å². The summed E-state index contributed by atoms with van der Waals surface area (Å²) in [4.78, 5) is 13.5. The number of rotatable bonds is 1. The standard InChI is InChI=1S/C9H5BrClNO/c10-5-1-2-6-7(3-5)12-8(4-13)9(6)11/h1-4,12H. The van der Waals surface area contributed by atoms with Gasteiger partial charge in [0.15, 0.2) is 6.29 Å². The highest BCUT2D eigenvalue weighted by Crippen LogP contribution is 2.28. The molecule has 0 aliphatic heterocycles. The number of halogens is 2. The highest BCUT2D eigenvalue weighted by Gasteiger charge is 2.07. The first-order valence-corrected chi connectivity index (χ1v) is 4.81. The van der Waals surface area contributed by atoms with Crippen LogP contribution < -0.4 is 0 Å². The minimum absolute atomic E-state index is 0.426. The molecule has 2 aromatic rings. The first-order chi connectivity index (χ1) is 6.22. The van der Waals surface area contributed by atoms with E-state index in [9.17, 15) is 4.79 Å². The SMILES string of the molecule is O=Cc1[nH]c2cc(Br)ccc2c1Cl. The van der Waals surface area contributed by atoms with Crippen LogP contribution in [0.1, 0.15) is 10.5 Å². The normalized spacial score (nSPS) is 10.6. The van der Waals surface area contributed by atoms with Crippen LogP contribution in [-0.4, -0.2) is 11.3 Å². The molecule has 0 aliphatic carbocycles. The average Bonchev–Trinajstić information content (AvgIpc) is 2.42. The van der Waals surface area contributed by atoms with E-state index in [-0.39, 0.29) is 0 Å². The van der Waals surface area contributed by atoms with Crippen molar-refractivity contribution in [2.24, 2.45) is 0 Å². The molecule has 0 saturated heterocycles. The van der Waals surface area contributed by atoms with E-state index < -0.39 is 0 Å². The van der Waals surface area contributed by atoms with Crippen LogP contribution in [0.3, 0.4) is 0 Å². The molecule has 0 aliphatic rings. The fourth-order valence-electron chi connectivity index (χ4n) is 1.24. The van der Waals surface area contributed by atoms with Gasteiger partial charge in [-0.1, -0.05) is 33.6 Å². The lowest BCUT2D eigenvalue weighted by Gasteiger charge is -1.90. The van der Waals surface area contributed by atoms with Crippen LogP contribution in [0.15, 0.2) is 22.7 Å². The Morgan fingerprint density at radius 2 is 2.23 bits per heavy atom. The third kappa shape index (κ3) is 1.38. The molecule has 1 aromatic heterocycles. The number of benzene rings is 1. The molecule has 0 amide bonds. The molecule has 0 saturated carbocycles. The molecular weight excluding hydrogens is 253 g/mol. The molecule has 1 aromatic carbocycles. The average molecular weight is 259 g/mol. The van der Waals surface area contributed by atoms with E-state index in [0.717, 1.165) is 21.7 Å². The maximum Gasteiger partial charge on any atom is 0.167 e. The predicted molar refractivity (Wildman–Crippen MR) is 56.4 cm³/mol. The highest BCUT2D eigenvalue weighted by molar-refractivity contribution is 9.10. The summed E-state index contributed by atoms with van der Waals surface area (Å²) in [7, 11) is 0. The molecule has 1 heterocycles. The van der Waals surface area contributed by atoms with Crippen LogP contribution in [0.4, 0.5) is 0 Å². The number of hydrogen-bond acceptors (Lipinski definition) is 1. The molecule has 0 radical (unpaired) electrons. The molecule has 4 heteroatoms. The first-order valence-electron chi connectivity index (χ1n) is 3.64. The van der Waals surface area contributed by atoms with Gasteiger partial charge in [-0.15, -0.1) is 0 Å². The minimum atomic E-state index is 0.426. The summed E-state index contributed by atoms with van der Waals surface area (Å²) in [6.07, 6.45) is 0.718. The number of carbonyl (C=O) groups excluding carboxylic acids is 1. The molecule has 0 bridgehead atoms. The van der Waals surface area contributed by atoms with Gasteiger partial charge in [-0.2, -0.15) is 0 Å². The van der Waals surface area contributed by atoms with Gasteiger partial charge in [-0.3, -0.25) is 4.79 Å². The van der Waals surface area contributed by atoms with Gasteiger partial charge in [0, 0.05) is 15.4 Å². The summed E-state index contributed by atoms with van der Waals surface area (Å²) in [6, 6.07) is 5.64. The Morgan fingerprint density at radius 1 is 1.46 bits per heavy atom. The zero-order chi connectivity index (χ0) is 9.42. The third-order valence-corrected chi connectivity index (χ3v) is 2.74. The van der Waals surface area contributed by atoms with Crippen molar-refractivity contribution < 1.29 is 4.79 Å². The molecule has 0 spiro atoms. The van der Waals surface area contributed by atoms with E-state index in [1.807, 2.05) is 18.2 Å². The highest BCUT2D eigenvalue weighted by atomic mass is 79.9. The summed E-state index contributed by atoms with van der Waals surface area (Å²) >= 11 is 9.27. The van der Waals surface area contributed by atoms with Gasteiger partial charge in [-0.05, 0) is 12.1 Å². The Kier molecular flexibility index (Phi) is 2.14. The molecular formula is C9H5BrClNO. The predicted octanol–water partition coefficient (Wildman–Crippen LogP) is 3.40. The Morgan fingerprint density at radius 3 is 2.92 bits per heavy atom. The largest absolute Gasteiger partial charge is 0.351 e. The quantitative estimate of drug-likeness (QED) is 0.781. The third-order valence-electron chi connectivity index (χ3n) is 1.84. The monoisotopic (exact) mass is 257 g/mol. The Bertz CT molecular complexity index is 478. The van der Waals surface area contributed by atoms with E-state index in [1.165, 1.54) is 0 Å². The molecule has 13 heavy (non-hydrogen) atoms. The molecule has 1 N–H and O–H groups in total. The molecule has 66 valence electrons. The van der Waals surface area contributed by atoms with Gasteiger partial charge in [-0.25, -0.2) is 0 Å². The summed E-state index contributed by atoms with van der Waals surface area (Å²) in [5.74, 6) is 0. The molecule has 0 atom stereocenters. The number of aromatic nitrogens is 1. The van der Waals surface area contributed by atoms with Crippen molar-refractivity contribution in [1.82, 2.24) is 4.98 Å². The number of aldehydes is 1. The number of fused-ring (bicyclic) bond motifs is 1. The molecule has 0 unspecified atom stereocenters. The van der Waals surface area contributed by atoms with Crippen molar-refractivity contribution in [2.45, 2.75) is 0 Å². The van der Waals surface area contributed by atoms with Crippen LogP contribution >= 0.6 is 27.5 Å². The Hall–Kier alpha value is -0.800. The van der Waals surface area contributed by atoms with Crippen molar-refractivity contribution >= 4 is 44.7 Å². The maximum atomic E-state index is 10.6. The zero-order valence-corrected chi connectivity index (χ0v) is 8.82. The summed E-state index contributed by atoms with van der Waals surface area (Å²) < 4.78 is 0.954. The number of aromatic amines is 1. The number of nitrogens with one attached hydrogen (secondary N) is 1. The molecule has 2 nitrogen and oxygen atoms in total. The van der Waals surface area contributed by atoms with E-state index >= 15 is 0 Å². The number of hydrogen-bond donors (Lipinski definition) is 1. The van der Waals surface area contributed by atoms with Crippen LogP contribution in [0.5, 0.6) is 0 Å². The summed E-state index contributed by atoms with van der Waals surface area (Å²) in [5, 5.41) is 1.35. The van der Waals surface area contributed by atoms with E-state index in [1.54, 1.807) is 0 Å². The van der Waals surface area contributed by atoms with E-state index in [4.69, 9.17) is 11.6 Å². The molecule has 0 fully saturated rings.